The Morgan fingerprint density at radius 1 is 1.41 bits per heavy atom. The molecule has 1 saturated carbocycles. The molecule has 1 aliphatic rings. The number of carbonyl (C=O) groups excluding carboxylic acids is 1. The minimum absolute atomic E-state index is 0.164. The van der Waals surface area contributed by atoms with Crippen LogP contribution in [0.15, 0.2) is 24.3 Å². The molecule has 3 heteroatoms. The van der Waals surface area contributed by atoms with Crippen LogP contribution in [-0.4, -0.2) is 11.9 Å². The molecule has 0 radical (unpaired) electrons. The third-order valence-electron chi connectivity index (χ3n) is 3.64. The second-order valence-electron chi connectivity index (χ2n) is 4.99. The van der Waals surface area contributed by atoms with Crippen molar-refractivity contribution >= 4 is 11.6 Å². The number of hydrogen-bond donors (Lipinski definition) is 2. The van der Waals surface area contributed by atoms with Crippen molar-refractivity contribution in [3.63, 3.8) is 0 Å². The zero-order chi connectivity index (χ0) is 12.5. The summed E-state index contributed by atoms with van der Waals surface area (Å²) < 4.78 is 0. The van der Waals surface area contributed by atoms with Gasteiger partial charge >= 0.3 is 0 Å². The van der Waals surface area contributed by atoms with E-state index < -0.39 is 0 Å². The highest BCUT2D eigenvalue weighted by molar-refractivity contribution is 5.91. The number of amides is 1. The molecule has 0 aromatic heterocycles. The SMILES string of the molecule is CCC(C)NC(=O)C1(c2ccc(N)cc2)CC1. The maximum atomic E-state index is 12.2. The molecule has 0 spiro atoms. The third-order valence-corrected chi connectivity index (χ3v) is 3.64. The second kappa shape index (κ2) is 4.40. The van der Waals surface area contributed by atoms with Crippen LogP contribution in [0.2, 0.25) is 0 Å². The van der Waals surface area contributed by atoms with Crippen molar-refractivity contribution < 1.29 is 4.79 Å². The number of hydrogen-bond acceptors (Lipinski definition) is 2. The Labute approximate surface area is 102 Å². The van der Waals surface area contributed by atoms with Gasteiger partial charge in [0, 0.05) is 11.7 Å². The van der Waals surface area contributed by atoms with Gasteiger partial charge in [-0.3, -0.25) is 4.79 Å². The van der Waals surface area contributed by atoms with Gasteiger partial charge in [-0.2, -0.15) is 0 Å². The highest BCUT2D eigenvalue weighted by Crippen LogP contribution is 2.48. The Balaban J connectivity index is 2.14. The van der Waals surface area contributed by atoms with Gasteiger partial charge in [0.25, 0.3) is 0 Å². The summed E-state index contributed by atoms with van der Waals surface area (Å²) in [5, 5.41) is 3.08. The fourth-order valence-electron chi connectivity index (χ4n) is 2.04. The first-order valence-electron chi connectivity index (χ1n) is 6.25. The average Bonchev–Trinajstić information content (AvgIpc) is 3.11. The summed E-state index contributed by atoms with van der Waals surface area (Å²) in [4.78, 5) is 12.2. The summed E-state index contributed by atoms with van der Waals surface area (Å²) in [5.74, 6) is 0.164. The number of benzene rings is 1. The molecule has 1 atom stereocenters. The molecule has 1 fully saturated rings. The van der Waals surface area contributed by atoms with E-state index in [1.807, 2.05) is 31.2 Å². The maximum absolute atomic E-state index is 12.2. The minimum atomic E-state index is -0.281. The lowest BCUT2D eigenvalue weighted by Gasteiger charge is -2.19. The van der Waals surface area contributed by atoms with Crippen molar-refractivity contribution in [2.45, 2.75) is 44.6 Å². The number of nitrogens with one attached hydrogen (secondary N) is 1. The number of nitrogens with two attached hydrogens (primary N) is 1. The number of nitrogen functional groups attached to an aromatic ring is 1. The quantitative estimate of drug-likeness (QED) is 0.782. The van der Waals surface area contributed by atoms with Crippen LogP contribution in [0.25, 0.3) is 0 Å². The van der Waals surface area contributed by atoms with Crippen LogP contribution < -0.4 is 11.1 Å². The van der Waals surface area contributed by atoms with E-state index in [-0.39, 0.29) is 17.4 Å². The van der Waals surface area contributed by atoms with Crippen LogP contribution in [0.4, 0.5) is 5.69 Å². The Morgan fingerprint density at radius 2 is 2.00 bits per heavy atom. The molecule has 1 aromatic rings. The minimum Gasteiger partial charge on any atom is -0.399 e. The lowest BCUT2D eigenvalue weighted by molar-refractivity contribution is -0.124. The summed E-state index contributed by atoms with van der Waals surface area (Å²) in [6, 6.07) is 7.92. The van der Waals surface area contributed by atoms with Crippen LogP contribution in [0.5, 0.6) is 0 Å². The number of carbonyl (C=O) groups is 1. The zero-order valence-electron chi connectivity index (χ0n) is 10.5. The third kappa shape index (κ3) is 2.28. The normalized spacial score (nSPS) is 18.5. The average molecular weight is 232 g/mol. The van der Waals surface area contributed by atoms with E-state index in [1.165, 1.54) is 0 Å². The molecule has 1 aromatic carbocycles. The predicted octanol–water partition coefficient (Wildman–Crippen LogP) is 2.22. The fraction of sp³-hybridized carbons (Fsp3) is 0.500. The van der Waals surface area contributed by atoms with Crippen molar-refractivity contribution in [3.8, 4) is 0 Å². The van der Waals surface area contributed by atoms with E-state index >= 15 is 0 Å². The van der Waals surface area contributed by atoms with Crippen molar-refractivity contribution in [2.24, 2.45) is 0 Å². The Bertz CT molecular complexity index is 407. The van der Waals surface area contributed by atoms with Crippen molar-refractivity contribution in [1.29, 1.82) is 0 Å². The van der Waals surface area contributed by atoms with Gasteiger partial charge in [0.15, 0.2) is 0 Å². The fourth-order valence-corrected chi connectivity index (χ4v) is 2.04. The molecule has 0 aliphatic heterocycles. The maximum Gasteiger partial charge on any atom is 0.230 e. The van der Waals surface area contributed by atoms with Crippen molar-refractivity contribution in [3.05, 3.63) is 29.8 Å². The summed E-state index contributed by atoms with van der Waals surface area (Å²) >= 11 is 0. The molecule has 17 heavy (non-hydrogen) atoms. The van der Waals surface area contributed by atoms with Gasteiger partial charge in [-0.15, -0.1) is 0 Å². The second-order valence-corrected chi connectivity index (χ2v) is 4.99. The van der Waals surface area contributed by atoms with Crippen LogP contribution in [-0.2, 0) is 10.2 Å². The molecule has 1 aliphatic carbocycles. The Morgan fingerprint density at radius 3 is 2.47 bits per heavy atom. The molecule has 3 N–H and O–H groups in total. The Hall–Kier alpha value is -1.51. The summed E-state index contributed by atoms with van der Waals surface area (Å²) in [5.41, 5.74) is 7.22. The van der Waals surface area contributed by atoms with E-state index in [9.17, 15) is 4.79 Å². The lowest BCUT2D eigenvalue weighted by atomic mass is 9.94. The number of anilines is 1. The number of rotatable bonds is 4. The lowest BCUT2D eigenvalue weighted by Crippen LogP contribution is -2.39. The van der Waals surface area contributed by atoms with Crippen molar-refractivity contribution in [1.82, 2.24) is 5.32 Å². The van der Waals surface area contributed by atoms with E-state index in [4.69, 9.17) is 5.73 Å². The van der Waals surface area contributed by atoms with Crippen LogP contribution >= 0.6 is 0 Å². The van der Waals surface area contributed by atoms with Gasteiger partial charge in [0.05, 0.1) is 5.41 Å². The molecular weight excluding hydrogens is 212 g/mol. The van der Waals surface area contributed by atoms with Gasteiger partial charge in [-0.25, -0.2) is 0 Å². The standard InChI is InChI=1S/C14H20N2O/c1-3-10(2)16-13(17)14(8-9-14)11-4-6-12(15)7-5-11/h4-7,10H,3,8-9,15H2,1-2H3,(H,16,17). The molecule has 0 heterocycles. The van der Waals surface area contributed by atoms with Crippen LogP contribution in [0, 0.1) is 0 Å². The first kappa shape index (κ1) is 12.0. The van der Waals surface area contributed by atoms with E-state index in [0.29, 0.717) is 0 Å². The first-order chi connectivity index (χ1) is 8.08. The highest BCUT2D eigenvalue weighted by atomic mass is 16.2. The van der Waals surface area contributed by atoms with E-state index in [0.717, 1.165) is 30.5 Å². The molecular formula is C14H20N2O. The molecule has 2 rings (SSSR count). The first-order valence-corrected chi connectivity index (χ1v) is 6.25. The zero-order valence-corrected chi connectivity index (χ0v) is 10.5. The largest absolute Gasteiger partial charge is 0.399 e. The molecule has 0 bridgehead atoms. The highest BCUT2D eigenvalue weighted by Gasteiger charge is 2.51. The Kier molecular flexibility index (Phi) is 3.09. The van der Waals surface area contributed by atoms with Crippen LogP contribution in [0.1, 0.15) is 38.7 Å². The summed E-state index contributed by atoms with van der Waals surface area (Å²) in [6.45, 7) is 4.12. The molecule has 3 nitrogen and oxygen atoms in total. The summed E-state index contributed by atoms with van der Waals surface area (Å²) in [6.07, 6.45) is 2.85. The smallest absolute Gasteiger partial charge is 0.230 e. The monoisotopic (exact) mass is 232 g/mol. The van der Waals surface area contributed by atoms with Gasteiger partial charge < -0.3 is 11.1 Å². The van der Waals surface area contributed by atoms with E-state index in [2.05, 4.69) is 12.2 Å². The molecule has 1 amide bonds. The molecule has 0 saturated heterocycles. The van der Waals surface area contributed by atoms with Gasteiger partial charge in [0.1, 0.15) is 0 Å². The van der Waals surface area contributed by atoms with Gasteiger partial charge in [-0.1, -0.05) is 19.1 Å². The topological polar surface area (TPSA) is 55.1 Å². The predicted molar refractivity (Wildman–Crippen MR) is 69.7 cm³/mol. The molecule has 92 valence electrons. The van der Waals surface area contributed by atoms with E-state index in [1.54, 1.807) is 0 Å². The van der Waals surface area contributed by atoms with Gasteiger partial charge in [-0.05, 0) is 43.9 Å². The van der Waals surface area contributed by atoms with Gasteiger partial charge in [0.2, 0.25) is 5.91 Å². The molecule has 1 unspecified atom stereocenters. The van der Waals surface area contributed by atoms with Crippen molar-refractivity contribution in [2.75, 3.05) is 5.73 Å². The summed E-state index contributed by atoms with van der Waals surface area (Å²) in [7, 11) is 0. The van der Waals surface area contributed by atoms with Crippen LogP contribution in [0.3, 0.4) is 0 Å².